The van der Waals surface area contributed by atoms with Crippen molar-refractivity contribution in [2.75, 3.05) is 18.0 Å². The molecule has 6 heteroatoms. The SMILES string of the molecule is CC/C=c1\[nH]n2c(=O)c(CCCCC)c(CCC)nc2c1=Nc1ccc(N(CC)CC)cc1C. The normalized spacial score (nSPS) is 12.8. The molecule has 0 saturated carbocycles. The van der Waals surface area contributed by atoms with E-state index in [0.717, 1.165) is 91.2 Å². The molecule has 0 atom stereocenters. The number of nitrogens with zero attached hydrogens (tertiary/aromatic N) is 4. The summed E-state index contributed by atoms with van der Waals surface area (Å²) in [6.45, 7) is 14.8. The number of hydrogen-bond acceptors (Lipinski definition) is 4. The van der Waals surface area contributed by atoms with Gasteiger partial charge in [0.2, 0.25) is 0 Å². The minimum absolute atomic E-state index is 0.0189. The number of hydrogen-bond donors (Lipinski definition) is 1. The van der Waals surface area contributed by atoms with E-state index in [9.17, 15) is 4.79 Å². The quantitative estimate of drug-likeness (QED) is 0.407. The monoisotopic (exact) mass is 463 g/mol. The molecule has 2 heterocycles. The first-order chi connectivity index (χ1) is 16.5. The molecule has 3 rings (SSSR count). The summed E-state index contributed by atoms with van der Waals surface area (Å²) in [6.07, 6.45) is 8.74. The molecule has 6 nitrogen and oxygen atoms in total. The second kappa shape index (κ2) is 12.0. The summed E-state index contributed by atoms with van der Waals surface area (Å²) in [4.78, 5) is 25.9. The molecule has 0 aliphatic heterocycles. The van der Waals surface area contributed by atoms with Crippen molar-refractivity contribution in [1.82, 2.24) is 14.6 Å². The lowest BCUT2D eigenvalue weighted by atomic mass is 10.0. The third-order valence-corrected chi connectivity index (χ3v) is 6.43. The van der Waals surface area contributed by atoms with Gasteiger partial charge in [-0.15, -0.1) is 0 Å². The molecule has 0 spiro atoms. The van der Waals surface area contributed by atoms with Crippen LogP contribution in [0.1, 0.15) is 83.5 Å². The third kappa shape index (κ3) is 5.43. The Hall–Kier alpha value is -2.89. The fourth-order valence-corrected chi connectivity index (χ4v) is 4.53. The van der Waals surface area contributed by atoms with Gasteiger partial charge in [-0.25, -0.2) is 9.98 Å². The van der Waals surface area contributed by atoms with Crippen LogP contribution in [0.2, 0.25) is 0 Å². The summed E-state index contributed by atoms with van der Waals surface area (Å²) < 4.78 is 1.61. The van der Waals surface area contributed by atoms with E-state index < -0.39 is 0 Å². The van der Waals surface area contributed by atoms with Gasteiger partial charge in [-0.05, 0) is 70.2 Å². The molecule has 1 aromatic carbocycles. The van der Waals surface area contributed by atoms with Crippen LogP contribution in [0.4, 0.5) is 11.4 Å². The van der Waals surface area contributed by atoms with Gasteiger partial charge in [-0.1, -0.05) is 46.1 Å². The van der Waals surface area contributed by atoms with Crippen molar-refractivity contribution in [1.29, 1.82) is 0 Å². The van der Waals surface area contributed by atoms with Gasteiger partial charge in [0.05, 0.1) is 16.7 Å². The molecule has 0 unspecified atom stereocenters. The topological polar surface area (TPSA) is 65.8 Å². The first-order valence-electron chi connectivity index (χ1n) is 13.1. The fourth-order valence-electron chi connectivity index (χ4n) is 4.53. The van der Waals surface area contributed by atoms with Crippen LogP contribution in [0, 0.1) is 6.92 Å². The number of anilines is 1. The molecule has 2 aromatic heterocycles. The maximum absolute atomic E-state index is 13.5. The molecule has 0 aliphatic carbocycles. The van der Waals surface area contributed by atoms with E-state index in [1.54, 1.807) is 4.52 Å². The summed E-state index contributed by atoms with van der Waals surface area (Å²) in [5.41, 5.74) is 5.64. The van der Waals surface area contributed by atoms with Gasteiger partial charge in [0.25, 0.3) is 5.56 Å². The summed E-state index contributed by atoms with van der Waals surface area (Å²) in [7, 11) is 0. The number of aromatic nitrogens is 3. The minimum atomic E-state index is 0.0189. The Morgan fingerprint density at radius 3 is 2.44 bits per heavy atom. The number of rotatable bonds is 11. The average molecular weight is 464 g/mol. The van der Waals surface area contributed by atoms with Crippen LogP contribution in [0.25, 0.3) is 11.7 Å². The summed E-state index contributed by atoms with van der Waals surface area (Å²) >= 11 is 0. The molecule has 0 aliphatic rings. The highest BCUT2D eigenvalue weighted by Gasteiger charge is 2.15. The van der Waals surface area contributed by atoms with E-state index in [0.29, 0.717) is 5.65 Å². The van der Waals surface area contributed by atoms with Crippen LogP contribution >= 0.6 is 0 Å². The van der Waals surface area contributed by atoms with E-state index in [-0.39, 0.29) is 5.56 Å². The minimum Gasteiger partial charge on any atom is -0.372 e. The van der Waals surface area contributed by atoms with E-state index in [1.165, 1.54) is 5.69 Å². The molecule has 0 saturated heterocycles. The molecule has 0 fully saturated rings. The van der Waals surface area contributed by atoms with Gasteiger partial charge in [0, 0.05) is 24.3 Å². The van der Waals surface area contributed by atoms with Crippen molar-refractivity contribution in [2.24, 2.45) is 4.99 Å². The zero-order chi connectivity index (χ0) is 24.7. The molecule has 184 valence electrons. The standard InChI is InChI=1S/C28H41N5O/c1-7-12-13-16-22-24(14-8-2)30-27-26(25(15-9-3)31-33(27)28(22)34)29-23-18-17-21(19-20(23)6)32(10-4)11-5/h15,17-19,31H,7-14,16H2,1-6H3/b25-15-,29-26?. The number of nitrogens with one attached hydrogen (secondary N) is 1. The summed E-state index contributed by atoms with van der Waals surface area (Å²) in [6, 6.07) is 6.40. The van der Waals surface area contributed by atoms with E-state index >= 15 is 0 Å². The van der Waals surface area contributed by atoms with Gasteiger partial charge in [0.15, 0.2) is 5.65 Å². The first-order valence-corrected chi connectivity index (χ1v) is 13.1. The lowest BCUT2D eigenvalue weighted by Gasteiger charge is -2.21. The molecular weight excluding hydrogens is 422 g/mol. The number of aryl methyl sites for hydroxylation is 2. The van der Waals surface area contributed by atoms with Crippen LogP contribution in [0.15, 0.2) is 28.0 Å². The van der Waals surface area contributed by atoms with Crippen molar-refractivity contribution in [3.63, 3.8) is 0 Å². The number of benzene rings is 1. The Kier molecular flexibility index (Phi) is 9.08. The van der Waals surface area contributed by atoms with Crippen molar-refractivity contribution in [2.45, 2.75) is 86.5 Å². The van der Waals surface area contributed by atoms with E-state index in [1.807, 2.05) is 0 Å². The molecule has 3 aromatic rings. The van der Waals surface area contributed by atoms with Crippen molar-refractivity contribution in [3.8, 4) is 0 Å². The average Bonchev–Trinajstić information content (AvgIpc) is 3.16. The van der Waals surface area contributed by atoms with Crippen molar-refractivity contribution >= 4 is 23.1 Å². The zero-order valence-corrected chi connectivity index (χ0v) is 21.9. The smallest absolute Gasteiger partial charge is 0.276 e. The predicted octanol–water partition coefficient (Wildman–Crippen LogP) is 5.00. The maximum Gasteiger partial charge on any atom is 0.276 e. The highest BCUT2D eigenvalue weighted by atomic mass is 16.1. The Morgan fingerprint density at radius 1 is 1.06 bits per heavy atom. The van der Waals surface area contributed by atoms with Crippen LogP contribution < -0.4 is 21.2 Å². The lowest BCUT2D eigenvalue weighted by molar-refractivity contribution is 0.693. The maximum atomic E-state index is 13.5. The molecular formula is C28H41N5O. The number of fused-ring (bicyclic) bond motifs is 1. The summed E-state index contributed by atoms with van der Waals surface area (Å²) in [5, 5.41) is 4.90. The van der Waals surface area contributed by atoms with Gasteiger partial charge in [0.1, 0.15) is 5.36 Å². The van der Waals surface area contributed by atoms with Crippen molar-refractivity contribution in [3.05, 3.63) is 56.1 Å². The lowest BCUT2D eigenvalue weighted by Crippen LogP contribution is -2.24. The molecule has 1 N–H and O–H groups in total. The summed E-state index contributed by atoms with van der Waals surface area (Å²) in [5.74, 6) is 0. The van der Waals surface area contributed by atoms with Crippen LogP contribution in [0.3, 0.4) is 0 Å². The van der Waals surface area contributed by atoms with E-state index in [4.69, 9.17) is 9.98 Å². The van der Waals surface area contributed by atoms with E-state index in [2.05, 4.69) is 75.8 Å². The Morgan fingerprint density at radius 2 is 1.82 bits per heavy atom. The Labute approximate surface area is 203 Å². The highest BCUT2D eigenvalue weighted by molar-refractivity contribution is 5.58. The second-order valence-corrected chi connectivity index (χ2v) is 8.95. The number of unbranched alkanes of at least 4 members (excludes halogenated alkanes) is 2. The zero-order valence-electron chi connectivity index (χ0n) is 21.9. The first kappa shape index (κ1) is 25.7. The Bertz CT molecular complexity index is 1280. The number of aromatic amines is 1. The fraction of sp³-hybridized carbons (Fsp3) is 0.536. The third-order valence-electron chi connectivity index (χ3n) is 6.43. The van der Waals surface area contributed by atoms with Gasteiger partial charge >= 0.3 is 0 Å². The Balaban J connectivity index is 2.24. The number of H-pyrrole nitrogens is 1. The largest absolute Gasteiger partial charge is 0.372 e. The molecule has 0 amide bonds. The van der Waals surface area contributed by atoms with Gasteiger partial charge in [-0.2, -0.15) is 4.52 Å². The molecule has 0 radical (unpaired) electrons. The molecule has 34 heavy (non-hydrogen) atoms. The second-order valence-electron chi connectivity index (χ2n) is 8.95. The predicted molar refractivity (Wildman–Crippen MR) is 143 cm³/mol. The van der Waals surface area contributed by atoms with Crippen LogP contribution in [0.5, 0.6) is 0 Å². The van der Waals surface area contributed by atoms with Crippen LogP contribution in [-0.2, 0) is 12.8 Å². The van der Waals surface area contributed by atoms with Crippen LogP contribution in [-0.4, -0.2) is 27.7 Å². The van der Waals surface area contributed by atoms with Crippen molar-refractivity contribution < 1.29 is 0 Å². The van der Waals surface area contributed by atoms with Gasteiger partial charge in [-0.3, -0.25) is 9.89 Å². The van der Waals surface area contributed by atoms with Gasteiger partial charge < -0.3 is 4.90 Å². The highest BCUT2D eigenvalue weighted by Crippen LogP contribution is 2.24. The molecule has 0 bridgehead atoms.